The standard InChI is InChI=1S/2C9H15N2O9P.4K.H2O/c2*12-3-4-7(20-21(16,17)18)6(14)8(19-4)11-2-1-5(13)10-9(11)15;;;;;/h2*4,6-8,12,14H,1-3H2,(H,10,13,15)(H2,16,17,18);;;;;1H2/q;;4*+1;/p-4/t2*4-,6-,7-,8-;;;;;/m11...../s1. The first-order chi connectivity index (χ1) is 19.5. The second-order valence-electron chi connectivity index (χ2n) is 9.10. The van der Waals surface area contributed by atoms with Gasteiger partial charge in [-0.1, -0.05) is 0 Å². The SMILES string of the molecule is O.O=C1CCN([C@@H]2O[C@H](CO)[C@@H](OP(=O)([O-])[O-])[C@H]2O)C(=O)N1.O=C1CCN([C@@H]2O[C@H](CO)[C@@H](OP(=O)([O-])[O-])[C@H]2O)C(=O)N1.[K+].[K+].[K+].[K+]. The molecule has 6 amide bonds. The maximum atomic E-state index is 11.6. The molecule has 0 bridgehead atoms. The molecule has 23 nitrogen and oxygen atoms in total. The number of urea groups is 2. The van der Waals surface area contributed by atoms with Crippen LogP contribution in [0.15, 0.2) is 0 Å². The zero-order valence-electron chi connectivity index (χ0n) is 25.7. The van der Waals surface area contributed by atoms with Crippen LogP contribution >= 0.6 is 15.6 Å². The fraction of sp³-hybridized carbons (Fsp3) is 0.778. The summed E-state index contributed by atoms with van der Waals surface area (Å²) in [6.45, 7) is -1.59. The van der Waals surface area contributed by atoms with E-state index in [1.165, 1.54) is 0 Å². The third-order valence-electron chi connectivity index (χ3n) is 6.27. The maximum Gasteiger partial charge on any atom is 1.00 e. The molecule has 8 atom stereocenters. The van der Waals surface area contributed by atoms with Gasteiger partial charge in [0.15, 0.2) is 12.5 Å². The van der Waals surface area contributed by atoms with Gasteiger partial charge in [0.2, 0.25) is 11.8 Å². The van der Waals surface area contributed by atoms with E-state index in [1.807, 2.05) is 10.6 Å². The molecule has 4 saturated heterocycles. The molecule has 0 unspecified atom stereocenters. The average molecular weight is 823 g/mol. The number of imide groups is 2. The number of aliphatic hydroxyl groups excluding tert-OH is 4. The quantitative estimate of drug-likeness (QED) is 0.0977. The van der Waals surface area contributed by atoms with Gasteiger partial charge in [0.25, 0.3) is 0 Å². The fourth-order valence-corrected chi connectivity index (χ4v) is 5.56. The molecular weight excluding hydrogens is 795 g/mol. The van der Waals surface area contributed by atoms with Gasteiger partial charge in [-0.3, -0.25) is 30.0 Å². The fourth-order valence-electron chi connectivity index (χ4n) is 4.45. The third kappa shape index (κ3) is 16.6. The van der Waals surface area contributed by atoms with Crippen LogP contribution in [0.25, 0.3) is 0 Å². The smallest absolute Gasteiger partial charge is 0.790 e. The minimum atomic E-state index is -5.42. The Balaban J connectivity index is -0.000000745. The molecule has 0 spiro atoms. The molecule has 4 rings (SSSR count). The van der Waals surface area contributed by atoms with E-state index in [-0.39, 0.29) is 237 Å². The second kappa shape index (κ2) is 24.8. The molecule has 4 aliphatic heterocycles. The Morgan fingerprint density at radius 2 is 1.00 bits per heavy atom. The molecule has 0 aliphatic carbocycles. The van der Waals surface area contributed by atoms with Gasteiger partial charge in [0.05, 0.1) is 28.9 Å². The van der Waals surface area contributed by atoms with Crippen LogP contribution in [0.5, 0.6) is 0 Å². The predicted octanol–water partition coefficient (Wildman–Crippen LogP) is -20.4. The monoisotopic (exact) mass is 822 g/mol. The van der Waals surface area contributed by atoms with Crippen LogP contribution < -0.4 is 236 Å². The van der Waals surface area contributed by atoms with Crippen molar-refractivity contribution >= 4 is 39.5 Å². The van der Waals surface area contributed by atoms with E-state index in [0.29, 0.717) is 0 Å². The topological polar surface area (TPSA) is 375 Å². The summed E-state index contributed by atoms with van der Waals surface area (Å²) in [5.74, 6) is -1.00. The van der Waals surface area contributed by atoms with Gasteiger partial charge in [-0.05, 0) is 0 Å². The summed E-state index contributed by atoms with van der Waals surface area (Å²) in [5.41, 5.74) is 0. The Bertz CT molecular complexity index is 1070. The van der Waals surface area contributed by atoms with Crippen molar-refractivity contribution < 1.29 is 298 Å². The maximum absolute atomic E-state index is 11.6. The van der Waals surface area contributed by atoms with Crippen LogP contribution in [0.1, 0.15) is 12.8 Å². The van der Waals surface area contributed by atoms with Crippen LogP contribution in [0.2, 0.25) is 0 Å². The molecule has 8 N–H and O–H groups in total. The number of carbonyl (C=O) groups excluding carboxylic acids is 4. The van der Waals surface area contributed by atoms with Crippen molar-refractivity contribution in [2.24, 2.45) is 0 Å². The van der Waals surface area contributed by atoms with E-state index in [9.17, 15) is 58.1 Å². The summed E-state index contributed by atoms with van der Waals surface area (Å²) in [7, 11) is -10.8. The Hall–Kier alpha value is 4.37. The number of phosphoric acid groups is 2. The molecule has 4 heterocycles. The molecule has 47 heavy (non-hydrogen) atoms. The van der Waals surface area contributed by atoms with Crippen molar-refractivity contribution in [2.75, 3.05) is 26.3 Å². The second-order valence-corrected chi connectivity index (χ2v) is 11.3. The van der Waals surface area contributed by atoms with Gasteiger partial charge in [-0.2, -0.15) is 0 Å². The number of ether oxygens (including phenoxy) is 2. The first-order valence-corrected chi connectivity index (χ1v) is 14.9. The normalized spacial score (nSPS) is 30.6. The van der Waals surface area contributed by atoms with E-state index in [2.05, 4.69) is 9.05 Å². The molecule has 0 saturated carbocycles. The molecule has 4 aliphatic rings. The third-order valence-corrected chi connectivity index (χ3v) is 7.27. The summed E-state index contributed by atoms with van der Waals surface area (Å²) in [4.78, 5) is 89.9. The largest absolute Gasteiger partial charge is 1.00 e. The van der Waals surface area contributed by atoms with Crippen molar-refractivity contribution in [2.45, 2.75) is 61.9 Å². The molecule has 0 radical (unpaired) electrons. The van der Waals surface area contributed by atoms with Crippen LogP contribution in [0.4, 0.5) is 9.59 Å². The zero-order valence-corrected chi connectivity index (χ0v) is 39.9. The van der Waals surface area contributed by atoms with Gasteiger partial charge in [-0.15, -0.1) is 0 Å². The van der Waals surface area contributed by atoms with Crippen LogP contribution in [0.3, 0.4) is 0 Å². The minimum absolute atomic E-state index is 0. The number of nitrogens with zero attached hydrogens (tertiary/aromatic N) is 2. The summed E-state index contributed by atoms with van der Waals surface area (Å²) in [6.07, 6.45) is -12.0. The molecule has 29 heteroatoms. The van der Waals surface area contributed by atoms with E-state index >= 15 is 0 Å². The predicted molar refractivity (Wildman–Crippen MR) is 122 cm³/mol. The number of hydrogen-bond acceptors (Lipinski definition) is 18. The van der Waals surface area contributed by atoms with Crippen molar-refractivity contribution in [3.63, 3.8) is 0 Å². The van der Waals surface area contributed by atoms with Gasteiger partial charge in [-0.25, -0.2) is 9.59 Å². The average Bonchev–Trinajstić information content (AvgIpc) is 3.33. The Morgan fingerprint density at radius 1 is 0.702 bits per heavy atom. The molecule has 0 aromatic heterocycles. The van der Waals surface area contributed by atoms with Crippen LogP contribution in [-0.2, 0) is 37.2 Å². The zero-order chi connectivity index (χ0) is 31.6. The number of carbonyl (C=O) groups is 4. The Morgan fingerprint density at radius 3 is 1.23 bits per heavy atom. The summed E-state index contributed by atoms with van der Waals surface area (Å²) >= 11 is 0. The Kier molecular flexibility index (Phi) is 29.4. The number of aliphatic hydroxyl groups is 4. The van der Waals surface area contributed by atoms with Crippen molar-refractivity contribution in [1.29, 1.82) is 0 Å². The molecule has 4 fully saturated rings. The molecular formula is C18H28K4N4O19P2. The number of phosphoric ester groups is 2. The van der Waals surface area contributed by atoms with Crippen LogP contribution in [-0.4, -0.2) is 135 Å². The Labute approximate surface area is 436 Å². The van der Waals surface area contributed by atoms with Gasteiger partial charge in [0.1, 0.15) is 36.6 Å². The summed E-state index contributed by atoms with van der Waals surface area (Å²) < 4.78 is 40.0. The van der Waals surface area contributed by atoms with E-state index in [1.54, 1.807) is 0 Å². The number of nitrogens with one attached hydrogen (secondary N) is 2. The van der Waals surface area contributed by atoms with E-state index in [4.69, 9.17) is 19.7 Å². The van der Waals surface area contributed by atoms with Gasteiger partial charge >= 0.3 is 218 Å². The molecule has 0 aromatic rings. The van der Waals surface area contributed by atoms with Crippen molar-refractivity contribution in [1.82, 2.24) is 20.4 Å². The first kappa shape index (κ1) is 55.7. The van der Waals surface area contributed by atoms with E-state index < -0.39 is 102 Å². The summed E-state index contributed by atoms with van der Waals surface area (Å²) in [6, 6.07) is -1.67. The van der Waals surface area contributed by atoms with Crippen molar-refractivity contribution in [3.05, 3.63) is 0 Å². The molecule has 0 aromatic carbocycles. The first-order valence-electron chi connectivity index (χ1n) is 12.0. The molecule has 248 valence electrons. The van der Waals surface area contributed by atoms with Gasteiger partial charge < -0.3 is 73.1 Å². The van der Waals surface area contributed by atoms with E-state index in [0.717, 1.165) is 9.80 Å². The number of rotatable bonds is 8. The number of hydrogen-bond donors (Lipinski definition) is 6. The van der Waals surface area contributed by atoms with Crippen LogP contribution in [0, 0.1) is 0 Å². The number of amides is 6. The minimum Gasteiger partial charge on any atom is -0.790 e. The van der Waals surface area contributed by atoms with Gasteiger partial charge in [0, 0.05) is 25.9 Å². The summed E-state index contributed by atoms with van der Waals surface area (Å²) in [5, 5.41) is 42.1. The van der Waals surface area contributed by atoms with Crippen molar-refractivity contribution in [3.8, 4) is 0 Å².